The average molecular weight is 422 g/mol. The van der Waals surface area contributed by atoms with Crippen molar-refractivity contribution in [3.05, 3.63) is 54.0 Å². The van der Waals surface area contributed by atoms with Crippen molar-refractivity contribution >= 4 is 34.2 Å². The Balaban J connectivity index is 1.74. The number of aromatic nitrogens is 3. The molecule has 4 rings (SSSR count). The third-order valence-electron chi connectivity index (χ3n) is 4.94. The van der Waals surface area contributed by atoms with Crippen LogP contribution in [0.25, 0.3) is 11.3 Å². The number of allylic oxidation sites excluding steroid dienone is 1. The maximum absolute atomic E-state index is 9.07. The number of rotatable bonds is 9. The molecule has 1 aliphatic carbocycles. The molecule has 0 aromatic carbocycles. The molecular weight excluding hydrogens is 394 g/mol. The Kier molecular flexibility index (Phi) is 6.15. The van der Waals surface area contributed by atoms with Crippen LogP contribution in [0.1, 0.15) is 17.7 Å². The number of hydrogen-bond acceptors (Lipinski definition) is 7. The molecule has 1 aliphatic rings. The van der Waals surface area contributed by atoms with E-state index in [0.29, 0.717) is 41.7 Å². The van der Waals surface area contributed by atoms with Crippen LogP contribution in [-0.2, 0) is 4.74 Å². The number of likely N-dealkylation sites (N-methyl/N-ethyl adjacent to an activating group) is 1. The van der Waals surface area contributed by atoms with E-state index >= 15 is 0 Å². The van der Waals surface area contributed by atoms with E-state index in [1.807, 2.05) is 44.6 Å². The maximum Gasteiger partial charge on any atom is 0.175 e. The number of pyridine rings is 1. The van der Waals surface area contributed by atoms with E-state index in [1.165, 1.54) is 0 Å². The summed E-state index contributed by atoms with van der Waals surface area (Å²) in [5, 5.41) is 25.8. The zero-order chi connectivity index (χ0) is 21.8. The molecule has 162 valence electrons. The Bertz CT molecular complexity index is 1140. The van der Waals surface area contributed by atoms with E-state index < -0.39 is 0 Å². The molecule has 0 bridgehead atoms. The minimum atomic E-state index is 0.0615. The van der Waals surface area contributed by atoms with Crippen LogP contribution >= 0.6 is 0 Å². The van der Waals surface area contributed by atoms with Gasteiger partial charge in [0.15, 0.2) is 5.82 Å². The molecule has 3 heterocycles. The molecule has 0 saturated heterocycles. The fourth-order valence-electron chi connectivity index (χ4n) is 3.37. The van der Waals surface area contributed by atoms with Gasteiger partial charge in [-0.15, -0.1) is 5.10 Å². The Hall–Kier alpha value is -3.43. The van der Waals surface area contributed by atoms with E-state index in [-0.39, 0.29) is 6.61 Å². The molecule has 31 heavy (non-hydrogen) atoms. The molecule has 0 radical (unpaired) electrons. The molecule has 3 aromatic rings. The summed E-state index contributed by atoms with van der Waals surface area (Å²) in [6.45, 7) is 2.02. The lowest BCUT2D eigenvalue weighted by Crippen LogP contribution is -2.21. The maximum atomic E-state index is 9.07. The molecular formula is C22H27N7O2. The molecule has 0 fully saturated rings. The lowest BCUT2D eigenvalue weighted by atomic mass is 9.98. The molecule has 0 atom stereocenters. The summed E-state index contributed by atoms with van der Waals surface area (Å²) in [5.41, 5.74) is 3.85. The number of aliphatic hydroxyl groups is 1. The SMILES string of the molecule is CN(C)CCNc1nn2ccccc2c1N=C1C=C(OCCCO)c2[nH]ccc2C1=N. The lowest BCUT2D eigenvalue weighted by Gasteiger charge is -2.17. The van der Waals surface area contributed by atoms with Crippen molar-refractivity contribution in [1.82, 2.24) is 19.5 Å². The van der Waals surface area contributed by atoms with Crippen LogP contribution in [0.5, 0.6) is 0 Å². The highest BCUT2D eigenvalue weighted by Gasteiger charge is 2.25. The van der Waals surface area contributed by atoms with Gasteiger partial charge in [-0.2, -0.15) is 0 Å². The Labute approximate surface area is 180 Å². The van der Waals surface area contributed by atoms with Gasteiger partial charge in [-0.1, -0.05) is 6.07 Å². The number of nitrogens with one attached hydrogen (secondary N) is 3. The molecule has 3 aromatic heterocycles. The zero-order valence-corrected chi connectivity index (χ0v) is 17.7. The minimum Gasteiger partial charge on any atom is -0.491 e. The number of hydrogen-bond donors (Lipinski definition) is 4. The molecule has 9 nitrogen and oxygen atoms in total. The topological polar surface area (TPSA) is 114 Å². The highest BCUT2D eigenvalue weighted by molar-refractivity contribution is 6.54. The normalized spacial score (nSPS) is 14.9. The fraction of sp³-hybridized carbons (Fsp3) is 0.318. The van der Waals surface area contributed by atoms with Crippen molar-refractivity contribution in [2.75, 3.05) is 45.7 Å². The number of anilines is 1. The van der Waals surface area contributed by atoms with Crippen molar-refractivity contribution in [2.24, 2.45) is 4.99 Å². The Morgan fingerprint density at radius 2 is 2.19 bits per heavy atom. The number of aliphatic hydroxyl groups excluding tert-OH is 1. The smallest absolute Gasteiger partial charge is 0.175 e. The number of ether oxygens (including phenoxy) is 1. The third-order valence-corrected chi connectivity index (χ3v) is 4.94. The monoisotopic (exact) mass is 421 g/mol. The second kappa shape index (κ2) is 9.15. The van der Waals surface area contributed by atoms with Crippen LogP contribution in [0, 0.1) is 5.41 Å². The fourth-order valence-corrected chi connectivity index (χ4v) is 3.37. The summed E-state index contributed by atoms with van der Waals surface area (Å²) in [6.07, 6.45) is 5.97. The second-order valence-electron chi connectivity index (χ2n) is 7.53. The first-order valence-corrected chi connectivity index (χ1v) is 10.3. The molecule has 0 spiro atoms. The van der Waals surface area contributed by atoms with Crippen LogP contribution in [0.4, 0.5) is 11.5 Å². The molecule has 0 amide bonds. The van der Waals surface area contributed by atoms with Gasteiger partial charge in [-0.25, -0.2) is 9.51 Å². The summed E-state index contributed by atoms with van der Waals surface area (Å²) >= 11 is 0. The van der Waals surface area contributed by atoms with Crippen molar-refractivity contribution in [3.63, 3.8) is 0 Å². The third kappa shape index (κ3) is 4.37. The number of aliphatic imine (C=N–C) groups is 1. The zero-order valence-electron chi connectivity index (χ0n) is 17.7. The van der Waals surface area contributed by atoms with E-state index in [9.17, 15) is 0 Å². The number of nitrogens with zero attached hydrogens (tertiary/aromatic N) is 4. The van der Waals surface area contributed by atoms with Crippen LogP contribution in [0.2, 0.25) is 0 Å². The molecule has 9 heteroatoms. The van der Waals surface area contributed by atoms with Gasteiger partial charge in [0.05, 0.1) is 29.2 Å². The molecule has 4 N–H and O–H groups in total. The number of aromatic amines is 1. The lowest BCUT2D eigenvalue weighted by molar-refractivity contribution is 0.214. The van der Waals surface area contributed by atoms with Gasteiger partial charge < -0.3 is 25.0 Å². The molecule has 0 unspecified atom stereocenters. The first-order valence-electron chi connectivity index (χ1n) is 10.3. The first kappa shape index (κ1) is 20.8. The Morgan fingerprint density at radius 3 is 3.00 bits per heavy atom. The van der Waals surface area contributed by atoms with Crippen molar-refractivity contribution in [2.45, 2.75) is 6.42 Å². The van der Waals surface area contributed by atoms with Gasteiger partial charge in [0.2, 0.25) is 0 Å². The van der Waals surface area contributed by atoms with Crippen LogP contribution < -0.4 is 5.32 Å². The van der Waals surface area contributed by atoms with Gasteiger partial charge in [-0.3, -0.25) is 5.41 Å². The quantitative estimate of drug-likeness (QED) is 0.397. The largest absolute Gasteiger partial charge is 0.491 e. The second-order valence-corrected chi connectivity index (χ2v) is 7.53. The highest BCUT2D eigenvalue weighted by atomic mass is 16.5. The van der Waals surface area contributed by atoms with E-state index in [1.54, 1.807) is 16.8 Å². The molecule has 0 aliphatic heterocycles. The van der Waals surface area contributed by atoms with Crippen LogP contribution in [0.3, 0.4) is 0 Å². The predicted molar refractivity (Wildman–Crippen MR) is 123 cm³/mol. The van der Waals surface area contributed by atoms with Crippen molar-refractivity contribution < 1.29 is 9.84 Å². The summed E-state index contributed by atoms with van der Waals surface area (Å²) < 4.78 is 7.65. The predicted octanol–water partition coefficient (Wildman–Crippen LogP) is 2.53. The highest BCUT2D eigenvalue weighted by Crippen LogP contribution is 2.32. The summed E-state index contributed by atoms with van der Waals surface area (Å²) in [6, 6.07) is 7.67. The van der Waals surface area contributed by atoms with Gasteiger partial charge in [-0.05, 0) is 32.3 Å². The minimum absolute atomic E-state index is 0.0615. The summed E-state index contributed by atoms with van der Waals surface area (Å²) in [4.78, 5) is 10.1. The van der Waals surface area contributed by atoms with Crippen LogP contribution in [-0.4, -0.2) is 76.4 Å². The first-order chi connectivity index (χ1) is 15.1. The van der Waals surface area contributed by atoms with Gasteiger partial charge in [0, 0.05) is 50.2 Å². The van der Waals surface area contributed by atoms with Gasteiger partial charge in [0.1, 0.15) is 11.4 Å². The van der Waals surface area contributed by atoms with Crippen molar-refractivity contribution in [1.29, 1.82) is 5.41 Å². The van der Waals surface area contributed by atoms with Crippen molar-refractivity contribution in [3.8, 4) is 0 Å². The number of H-pyrrole nitrogens is 1. The van der Waals surface area contributed by atoms with E-state index in [2.05, 4.69) is 20.3 Å². The van der Waals surface area contributed by atoms with E-state index in [0.717, 1.165) is 29.9 Å². The standard InChI is InChI=1S/C22H27N7O2/c1-28(2)11-9-25-22-21(17-6-3-4-10-29(17)27-22)26-16-14-18(31-13-5-12-30)20-15(19(16)23)7-8-24-20/h3-4,6-8,10,14,23-24,30H,5,9,11-13H2,1-2H3,(H,25,27). The van der Waals surface area contributed by atoms with E-state index in [4.69, 9.17) is 20.2 Å². The van der Waals surface area contributed by atoms with Gasteiger partial charge in [0.25, 0.3) is 0 Å². The summed E-state index contributed by atoms with van der Waals surface area (Å²) in [5.74, 6) is 1.28. The summed E-state index contributed by atoms with van der Waals surface area (Å²) in [7, 11) is 4.04. The molecule has 0 saturated carbocycles. The average Bonchev–Trinajstić information content (AvgIpc) is 3.37. The van der Waals surface area contributed by atoms with Gasteiger partial charge >= 0.3 is 0 Å². The number of fused-ring (bicyclic) bond motifs is 2. The van der Waals surface area contributed by atoms with Crippen LogP contribution in [0.15, 0.2) is 47.7 Å². The Morgan fingerprint density at radius 1 is 1.32 bits per heavy atom.